The Labute approximate surface area is 142 Å². The molecule has 1 aromatic rings. The van der Waals surface area contributed by atoms with Crippen molar-refractivity contribution in [1.82, 2.24) is 0 Å². The molecule has 0 aliphatic rings. The second-order valence-electron chi connectivity index (χ2n) is 7.91. The number of unbranched alkanes of at least 4 members (excludes halogenated alkanes) is 1. The zero-order valence-corrected chi connectivity index (χ0v) is 16.7. The summed E-state index contributed by atoms with van der Waals surface area (Å²) in [6, 6.07) is 3.88. The monoisotopic (exact) mass is 336 g/mol. The van der Waals surface area contributed by atoms with E-state index < -0.39 is 8.32 Å². The number of hydrogen-bond donors (Lipinski definition) is 1. The summed E-state index contributed by atoms with van der Waals surface area (Å²) in [6.07, 6.45) is 1.90. The lowest BCUT2D eigenvalue weighted by molar-refractivity contribution is 0.0977. The van der Waals surface area contributed by atoms with Gasteiger partial charge in [0.1, 0.15) is 5.75 Å². The van der Waals surface area contributed by atoms with Crippen LogP contribution in [0.15, 0.2) is 12.1 Å². The number of aliphatic hydroxyl groups excluding tert-OH is 1. The number of rotatable bonds is 7. The summed E-state index contributed by atoms with van der Waals surface area (Å²) in [5, 5.41) is 8.97. The van der Waals surface area contributed by atoms with E-state index in [1.165, 1.54) is 0 Å². The Balaban J connectivity index is 3.00. The van der Waals surface area contributed by atoms with Crippen LogP contribution < -0.4 is 4.43 Å². The van der Waals surface area contributed by atoms with Crippen molar-refractivity contribution in [2.45, 2.75) is 72.0 Å². The number of Topliss-reactive ketones (excluding diaryl/α,β-unsaturated/α-hetero) is 1. The fourth-order valence-electron chi connectivity index (χ4n) is 2.22. The van der Waals surface area contributed by atoms with E-state index in [9.17, 15) is 4.79 Å². The van der Waals surface area contributed by atoms with Gasteiger partial charge in [-0.15, -0.1) is 0 Å². The summed E-state index contributed by atoms with van der Waals surface area (Å²) in [7, 11) is -1.89. The minimum Gasteiger partial charge on any atom is -0.543 e. The van der Waals surface area contributed by atoms with Crippen LogP contribution in [0.3, 0.4) is 0 Å². The van der Waals surface area contributed by atoms with Crippen molar-refractivity contribution in [1.29, 1.82) is 0 Å². The smallest absolute Gasteiger partial charge is 0.250 e. The lowest BCUT2D eigenvalue weighted by Crippen LogP contribution is -2.44. The molecule has 0 aliphatic carbocycles. The summed E-state index contributed by atoms with van der Waals surface area (Å²) in [5.74, 6) is 1.08. The SMILES string of the molecule is Cc1cc(C(=O)CCCCO)cc(C)c1O[Si](C)(C)C(C)(C)C. The van der Waals surface area contributed by atoms with Crippen molar-refractivity contribution in [2.75, 3.05) is 6.61 Å². The highest BCUT2D eigenvalue weighted by atomic mass is 28.4. The molecular weight excluding hydrogens is 304 g/mol. The largest absolute Gasteiger partial charge is 0.543 e. The van der Waals surface area contributed by atoms with Crippen molar-refractivity contribution in [3.63, 3.8) is 0 Å². The standard InChI is InChI=1S/C19H32O3Si/c1-14-12-16(17(21)10-8-9-11-20)13-15(2)18(14)22-23(6,7)19(3,4)5/h12-13,20H,8-11H2,1-7H3. The van der Waals surface area contributed by atoms with E-state index in [4.69, 9.17) is 9.53 Å². The van der Waals surface area contributed by atoms with Gasteiger partial charge in [0, 0.05) is 18.6 Å². The first kappa shape index (κ1) is 19.9. The third-order valence-corrected chi connectivity index (χ3v) is 9.08. The van der Waals surface area contributed by atoms with Crippen LogP contribution >= 0.6 is 0 Å². The molecule has 1 rings (SSSR count). The highest BCUT2D eigenvalue weighted by molar-refractivity contribution is 6.74. The molecule has 0 saturated carbocycles. The zero-order chi connectivity index (χ0) is 17.8. The van der Waals surface area contributed by atoms with E-state index in [1.807, 2.05) is 26.0 Å². The molecule has 0 atom stereocenters. The number of carbonyl (C=O) groups is 1. The molecule has 0 amide bonds. The van der Waals surface area contributed by atoms with E-state index in [0.29, 0.717) is 12.8 Å². The Morgan fingerprint density at radius 2 is 1.65 bits per heavy atom. The summed E-state index contributed by atoms with van der Waals surface area (Å²) in [6.45, 7) is 15.3. The van der Waals surface area contributed by atoms with Crippen LogP contribution in [0.1, 0.15) is 61.5 Å². The van der Waals surface area contributed by atoms with Gasteiger partial charge < -0.3 is 9.53 Å². The van der Waals surface area contributed by atoms with Gasteiger partial charge in [-0.25, -0.2) is 0 Å². The predicted molar refractivity (Wildman–Crippen MR) is 99.0 cm³/mol. The fourth-order valence-corrected chi connectivity index (χ4v) is 3.36. The first-order valence-electron chi connectivity index (χ1n) is 8.44. The first-order chi connectivity index (χ1) is 10.5. The lowest BCUT2D eigenvalue weighted by atomic mass is 10.00. The third-order valence-electron chi connectivity index (χ3n) is 4.76. The van der Waals surface area contributed by atoms with E-state index in [0.717, 1.165) is 28.9 Å². The van der Waals surface area contributed by atoms with E-state index >= 15 is 0 Å². The second kappa shape index (κ2) is 7.62. The van der Waals surface area contributed by atoms with Crippen LogP contribution in [0.4, 0.5) is 0 Å². The highest BCUT2D eigenvalue weighted by Gasteiger charge is 2.39. The molecule has 0 aliphatic heterocycles. The summed E-state index contributed by atoms with van der Waals surface area (Å²) in [5.41, 5.74) is 2.81. The van der Waals surface area contributed by atoms with E-state index in [1.54, 1.807) is 0 Å². The molecule has 0 fully saturated rings. The molecule has 0 radical (unpaired) electrons. The fraction of sp³-hybridized carbons (Fsp3) is 0.632. The molecule has 3 nitrogen and oxygen atoms in total. The summed E-state index contributed by atoms with van der Waals surface area (Å²) >= 11 is 0. The third kappa shape index (κ3) is 5.18. The Morgan fingerprint density at radius 3 is 2.09 bits per heavy atom. The van der Waals surface area contributed by atoms with Crippen LogP contribution in [-0.4, -0.2) is 25.8 Å². The first-order valence-corrected chi connectivity index (χ1v) is 11.3. The van der Waals surface area contributed by atoms with Crippen LogP contribution in [0, 0.1) is 13.8 Å². The van der Waals surface area contributed by atoms with Crippen molar-refractivity contribution in [3.05, 3.63) is 28.8 Å². The highest BCUT2D eigenvalue weighted by Crippen LogP contribution is 2.39. The molecule has 23 heavy (non-hydrogen) atoms. The Kier molecular flexibility index (Phi) is 6.60. The minimum atomic E-state index is -1.89. The Bertz CT molecular complexity index is 533. The van der Waals surface area contributed by atoms with Gasteiger partial charge in [-0.05, 0) is 68.1 Å². The maximum atomic E-state index is 12.3. The number of benzene rings is 1. The average Bonchev–Trinajstić information content (AvgIpc) is 2.41. The van der Waals surface area contributed by atoms with Gasteiger partial charge in [-0.3, -0.25) is 4.79 Å². The molecule has 0 unspecified atom stereocenters. The molecule has 1 N–H and O–H groups in total. The molecule has 4 heteroatoms. The van der Waals surface area contributed by atoms with Gasteiger partial charge in [0.2, 0.25) is 0 Å². The average molecular weight is 337 g/mol. The molecule has 1 aromatic carbocycles. The Hall–Kier alpha value is -1.13. The van der Waals surface area contributed by atoms with Crippen molar-refractivity contribution in [3.8, 4) is 5.75 Å². The van der Waals surface area contributed by atoms with Crippen LogP contribution in [0.5, 0.6) is 5.75 Å². The van der Waals surface area contributed by atoms with E-state index in [-0.39, 0.29) is 17.4 Å². The molecule has 0 heterocycles. The molecule has 0 aromatic heterocycles. The minimum absolute atomic E-state index is 0.142. The maximum absolute atomic E-state index is 12.3. The summed E-state index contributed by atoms with van der Waals surface area (Å²) < 4.78 is 6.46. The number of aryl methyl sites for hydroxylation is 2. The van der Waals surface area contributed by atoms with Gasteiger partial charge >= 0.3 is 0 Å². The zero-order valence-electron chi connectivity index (χ0n) is 15.7. The molecule has 130 valence electrons. The van der Waals surface area contributed by atoms with Crippen LogP contribution in [0.25, 0.3) is 0 Å². The van der Waals surface area contributed by atoms with Gasteiger partial charge in [-0.1, -0.05) is 20.8 Å². The van der Waals surface area contributed by atoms with Gasteiger partial charge in [-0.2, -0.15) is 0 Å². The Morgan fingerprint density at radius 1 is 1.13 bits per heavy atom. The maximum Gasteiger partial charge on any atom is 0.250 e. The quantitative estimate of drug-likeness (QED) is 0.431. The van der Waals surface area contributed by atoms with Gasteiger partial charge in [0.15, 0.2) is 5.78 Å². The second-order valence-corrected chi connectivity index (χ2v) is 12.6. The topological polar surface area (TPSA) is 46.5 Å². The molecular formula is C19H32O3Si. The summed E-state index contributed by atoms with van der Waals surface area (Å²) in [4.78, 5) is 12.3. The van der Waals surface area contributed by atoms with Gasteiger partial charge in [0.05, 0.1) is 0 Å². The van der Waals surface area contributed by atoms with Crippen LogP contribution in [0.2, 0.25) is 18.1 Å². The lowest BCUT2D eigenvalue weighted by Gasteiger charge is -2.37. The number of ketones is 1. The molecule has 0 bridgehead atoms. The molecule has 0 saturated heterocycles. The van der Waals surface area contributed by atoms with Crippen molar-refractivity contribution < 1.29 is 14.3 Å². The molecule has 0 spiro atoms. The number of hydrogen-bond acceptors (Lipinski definition) is 3. The van der Waals surface area contributed by atoms with E-state index in [2.05, 4.69) is 33.9 Å². The predicted octanol–water partition coefficient (Wildman–Crippen LogP) is 5.03. The van der Waals surface area contributed by atoms with Gasteiger partial charge in [0.25, 0.3) is 8.32 Å². The normalized spacial score (nSPS) is 12.3. The number of carbonyl (C=O) groups excluding carboxylic acids is 1. The van der Waals surface area contributed by atoms with Crippen molar-refractivity contribution in [2.24, 2.45) is 0 Å². The number of aliphatic hydroxyl groups is 1. The van der Waals surface area contributed by atoms with Crippen molar-refractivity contribution >= 4 is 14.1 Å². The van der Waals surface area contributed by atoms with Crippen LogP contribution in [-0.2, 0) is 0 Å².